The van der Waals surface area contributed by atoms with Crippen molar-refractivity contribution in [2.24, 2.45) is 11.7 Å². The first-order valence-electron chi connectivity index (χ1n) is 8.00. The van der Waals surface area contributed by atoms with Crippen molar-refractivity contribution >= 4 is 21.6 Å². The van der Waals surface area contributed by atoms with Gasteiger partial charge in [0.05, 0.1) is 11.9 Å². The highest BCUT2D eigenvalue weighted by Crippen LogP contribution is 2.31. The maximum absolute atomic E-state index is 12.3. The molecule has 1 aromatic rings. The van der Waals surface area contributed by atoms with Crippen molar-refractivity contribution in [3.05, 3.63) is 29.3 Å². The summed E-state index contributed by atoms with van der Waals surface area (Å²) in [5.41, 5.74) is 8.14. The minimum absolute atomic E-state index is 0.0253. The van der Waals surface area contributed by atoms with E-state index in [1.54, 1.807) is 18.2 Å². The molecule has 1 aliphatic carbocycles. The fourth-order valence-corrected chi connectivity index (χ4v) is 4.05. The smallest absolute Gasteiger partial charge is 0.251 e. The topological polar surface area (TPSA) is 92.5 Å². The van der Waals surface area contributed by atoms with Gasteiger partial charge in [-0.05, 0) is 55.4 Å². The molecule has 1 heterocycles. The Kier molecular flexibility index (Phi) is 4.33. The van der Waals surface area contributed by atoms with E-state index >= 15 is 0 Å². The second kappa shape index (κ2) is 6.13. The molecule has 1 atom stereocenters. The molecule has 1 unspecified atom stereocenters. The molecule has 6 nitrogen and oxygen atoms in total. The maximum Gasteiger partial charge on any atom is 0.251 e. The van der Waals surface area contributed by atoms with E-state index in [9.17, 15) is 13.2 Å². The van der Waals surface area contributed by atoms with Gasteiger partial charge < -0.3 is 11.1 Å². The molecule has 0 saturated heterocycles. The van der Waals surface area contributed by atoms with Crippen molar-refractivity contribution in [2.75, 3.05) is 23.7 Å². The first-order chi connectivity index (χ1) is 10.9. The lowest BCUT2D eigenvalue weighted by Crippen LogP contribution is -2.38. The molecule has 1 aromatic carbocycles. The lowest BCUT2D eigenvalue weighted by molar-refractivity contribution is 0.0950. The van der Waals surface area contributed by atoms with Gasteiger partial charge >= 0.3 is 0 Å². The van der Waals surface area contributed by atoms with E-state index in [-0.39, 0.29) is 11.9 Å². The van der Waals surface area contributed by atoms with Gasteiger partial charge in [0.25, 0.3) is 5.91 Å². The molecular weight excluding hydrogens is 314 g/mol. The van der Waals surface area contributed by atoms with Crippen LogP contribution >= 0.6 is 0 Å². The number of anilines is 1. The Bertz CT molecular complexity index is 713. The molecule has 0 bridgehead atoms. The monoisotopic (exact) mass is 337 g/mol. The molecule has 7 heteroatoms. The molecule has 0 spiro atoms. The molecule has 126 valence electrons. The molecule has 0 aromatic heterocycles. The number of rotatable bonds is 5. The number of amides is 1. The predicted molar refractivity (Wildman–Crippen MR) is 90.0 cm³/mol. The average molecular weight is 337 g/mol. The third-order valence-electron chi connectivity index (χ3n) is 4.54. The summed E-state index contributed by atoms with van der Waals surface area (Å²) in [5, 5.41) is 2.87. The second-order valence-electron chi connectivity index (χ2n) is 6.49. The van der Waals surface area contributed by atoms with Crippen molar-refractivity contribution < 1.29 is 13.2 Å². The van der Waals surface area contributed by atoms with Crippen molar-refractivity contribution in [3.63, 3.8) is 0 Å². The zero-order valence-electron chi connectivity index (χ0n) is 13.3. The summed E-state index contributed by atoms with van der Waals surface area (Å²) in [4.78, 5) is 12.3. The lowest BCUT2D eigenvalue weighted by atomic mass is 10.0. The van der Waals surface area contributed by atoms with Gasteiger partial charge in [0.15, 0.2) is 0 Å². The summed E-state index contributed by atoms with van der Waals surface area (Å²) in [6.45, 7) is 0.976. The highest BCUT2D eigenvalue weighted by Gasteiger charge is 2.29. The van der Waals surface area contributed by atoms with E-state index in [0.29, 0.717) is 30.3 Å². The van der Waals surface area contributed by atoms with E-state index < -0.39 is 10.0 Å². The van der Waals surface area contributed by atoms with Gasteiger partial charge in [0.2, 0.25) is 10.0 Å². The molecule has 3 rings (SSSR count). The minimum Gasteiger partial charge on any atom is -0.350 e. The number of carbonyl (C=O) groups is 1. The highest BCUT2D eigenvalue weighted by molar-refractivity contribution is 7.92. The Hall–Kier alpha value is -1.60. The van der Waals surface area contributed by atoms with E-state index in [2.05, 4.69) is 5.32 Å². The number of aryl methyl sites for hydroxylation is 1. The van der Waals surface area contributed by atoms with Gasteiger partial charge in [-0.2, -0.15) is 0 Å². The normalized spacial score (nSPS) is 19.1. The summed E-state index contributed by atoms with van der Waals surface area (Å²) in [6.07, 6.45) is 5.05. The maximum atomic E-state index is 12.3. The van der Waals surface area contributed by atoms with Gasteiger partial charge in [-0.15, -0.1) is 0 Å². The van der Waals surface area contributed by atoms with Crippen LogP contribution in [-0.2, 0) is 16.4 Å². The summed E-state index contributed by atoms with van der Waals surface area (Å²) in [5.74, 6) is 0.391. The van der Waals surface area contributed by atoms with Crippen LogP contribution in [0.3, 0.4) is 0 Å². The summed E-state index contributed by atoms with van der Waals surface area (Å²) < 4.78 is 25.1. The Labute approximate surface area is 137 Å². The average Bonchev–Trinajstić information content (AvgIpc) is 3.35. The third-order valence-corrected chi connectivity index (χ3v) is 5.72. The summed E-state index contributed by atoms with van der Waals surface area (Å²) >= 11 is 0. The van der Waals surface area contributed by atoms with Crippen LogP contribution in [0.15, 0.2) is 18.2 Å². The van der Waals surface area contributed by atoms with Crippen LogP contribution < -0.4 is 15.4 Å². The number of hydrogen-bond donors (Lipinski definition) is 2. The number of hydrogen-bond acceptors (Lipinski definition) is 4. The summed E-state index contributed by atoms with van der Waals surface area (Å²) in [7, 11) is -3.28. The van der Waals surface area contributed by atoms with Crippen LogP contribution in [-0.4, -0.2) is 39.7 Å². The van der Waals surface area contributed by atoms with Crippen LogP contribution in [0.2, 0.25) is 0 Å². The third kappa shape index (κ3) is 3.67. The number of carbonyl (C=O) groups excluding carboxylic acids is 1. The number of nitrogens with zero attached hydrogens (tertiary/aromatic N) is 1. The zero-order chi connectivity index (χ0) is 16.6. The van der Waals surface area contributed by atoms with E-state index in [0.717, 1.165) is 31.2 Å². The van der Waals surface area contributed by atoms with Crippen LogP contribution in [0.5, 0.6) is 0 Å². The van der Waals surface area contributed by atoms with Crippen LogP contribution in [0.4, 0.5) is 5.69 Å². The Morgan fingerprint density at radius 3 is 2.83 bits per heavy atom. The first-order valence-corrected chi connectivity index (χ1v) is 9.85. The molecule has 1 amide bonds. The summed E-state index contributed by atoms with van der Waals surface area (Å²) in [6, 6.07) is 5.23. The standard InChI is InChI=1S/C16H23N3O3S/c1-23(21,22)19-8-2-3-12-9-13(6-7-15(12)19)16(20)18-10-14(17)11-4-5-11/h6-7,9,11,14H,2-5,8,10,17H2,1H3,(H,18,20). The van der Waals surface area contributed by atoms with Gasteiger partial charge in [0.1, 0.15) is 0 Å². The molecule has 23 heavy (non-hydrogen) atoms. The number of nitrogens with two attached hydrogens (primary N) is 1. The number of sulfonamides is 1. The van der Waals surface area contributed by atoms with Gasteiger partial charge in [-0.25, -0.2) is 8.42 Å². The van der Waals surface area contributed by atoms with Crippen molar-refractivity contribution in [1.82, 2.24) is 5.32 Å². The fourth-order valence-electron chi connectivity index (χ4n) is 3.05. The van der Waals surface area contributed by atoms with Gasteiger partial charge in [-0.3, -0.25) is 9.10 Å². The molecule has 2 aliphatic rings. The molecule has 3 N–H and O–H groups in total. The minimum atomic E-state index is -3.28. The van der Waals surface area contributed by atoms with E-state index in [1.807, 2.05) is 0 Å². The zero-order valence-corrected chi connectivity index (χ0v) is 14.1. The Morgan fingerprint density at radius 1 is 1.43 bits per heavy atom. The highest BCUT2D eigenvalue weighted by atomic mass is 32.2. The van der Waals surface area contributed by atoms with E-state index in [4.69, 9.17) is 5.73 Å². The van der Waals surface area contributed by atoms with Crippen molar-refractivity contribution in [1.29, 1.82) is 0 Å². The molecule has 1 fully saturated rings. The lowest BCUT2D eigenvalue weighted by Gasteiger charge is -2.29. The van der Waals surface area contributed by atoms with Crippen LogP contribution in [0.1, 0.15) is 35.2 Å². The van der Waals surface area contributed by atoms with Crippen LogP contribution in [0, 0.1) is 5.92 Å². The van der Waals surface area contributed by atoms with Crippen LogP contribution in [0.25, 0.3) is 0 Å². The largest absolute Gasteiger partial charge is 0.350 e. The number of benzene rings is 1. The molecule has 1 aliphatic heterocycles. The first kappa shape index (κ1) is 16.3. The fraction of sp³-hybridized carbons (Fsp3) is 0.562. The molecule has 0 radical (unpaired) electrons. The second-order valence-corrected chi connectivity index (χ2v) is 8.40. The SMILES string of the molecule is CS(=O)(=O)N1CCCc2cc(C(=O)NCC(N)C3CC3)ccc21. The number of nitrogens with one attached hydrogen (secondary N) is 1. The van der Waals surface area contributed by atoms with Gasteiger partial charge in [0, 0.05) is 24.7 Å². The molecular formula is C16H23N3O3S. The Balaban J connectivity index is 1.73. The number of fused-ring (bicyclic) bond motifs is 1. The van der Waals surface area contributed by atoms with Gasteiger partial charge in [-0.1, -0.05) is 0 Å². The van der Waals surface area contributed by atoms with Crippen molar-refractivity contribution in [3.8, 4) is 0 Å². The molecule has 1 saturated carbocycles. The Morgan fingerprint density at radius 2 is 2.17 bits per heavy atom. The predicted octanol–water partition coefficient (Wildman–Crippen LogP) is 0.866. The van der Waals surface area contributed by atoms with E-state index in [1.165, 1.54) is 10.6 Å². The van der Waals surface area contributed by atoms with Crippen molar-refractivity contribution in [2.45, 2.75) is 31.7 Å². The quantitative estimate of drug-likeness (QED) is 0.834.